The lowest BCUT2D eigenvalue weighted by Crippen LogP contribution is -2.31. The molecule has 36 heavy (non-hydrogen) atoms. The topological polar surface area (TPSA) is 104 Å². The second kappa shape index (κ2) is 11.8. The third-order valence-corrected chi connectivity index (χ3v) is 5.82. The van der Waals surface area contributed by atoms with E-state index < -0.39 is 17.7 Å². The Morgan fingerprint density at radius 1 is 0.944 bits per heavy atom. The van der Waals surface area contributed by atoms with Gasteiger partial charge in [0.25, 0.3) is 11.7 Å². The van der Waals surface area contributed by atoms with Crippen LogP contribution in [0.1, 0.15) is 37.4 Å². The second-order valence-electron chi connectivity index (χ2n) is 8.48. The van der Waals surface area contributed by atoms with Crippen LogP contribution in [0.2, 0.25) is 0 Å². The molecular weight excluding hydrogens is 466 g/mol. The highest BCUT2D eigenvalue weighted by molar-refractivity contribution is 6.46. The fourth-order valence-corrected chi connectivity index (χ4v) is 4.19. The lowest BCUT2D eigenvalue weighted by Gasteiger charge is -2.26. The normalized spacial score (nSPS) is 17.0. The number of carbonyl (C=O) groups excluding carboxylic acids is 2. The van der Waals surface area contributed by atoms with E-state index in [1.807, 2.05) is 13.8 Å². The zero-order valence-corrected chi connectivity index (χ0v) is 21.5. The molecule has 9 nitrogen and oxygen atoms in total. The van der Waals surface area contributed by atoms with Crippen molar-refractivity contribution in [2.75, 3.05) is 41.6 Å². The van der Waals surface area contributed by atoms with Crippen molar-refractivity contribution in [1.82, 2.24) is 4.90 Å². The van der Waals surface area contributed by atoms with Gasteiger partial charge in [0.05, 0.1) is 44.6 Å². The highest BCUT2D eigenvalue weighted by Gasteiger charge is 2.46. The predicted octanol–water partition coefficient (Wildman–Crippen LogP) is 3.96. The average molecular weight is 500 g/mol. The summed E-state index contributed by atoms with van der Waals surface area (Å²) in [7, 11) is 6.03. The number of Topliss-reactive ketones (excluding diaryl/α,β-unsaturated/α-hetero) is 1. The van der Waals surface area contributed by atoms with E-state index in [0.717, 1.165) is 0 Å². The van der Waals surface area contributed by atoms with Crippen molar-refractivity contribution < 1.29 is 38.4 Å². The molecule has 1 heterocycles. The van der Waals surface area contributed by atoms with Gasteiger partial charge < -0.3 is 33.7 Å². The predicted molar refractivity (Wildman–Crippen MR) is 134 cm³/mol. The number of nitrogens with zero attached hydrogens (tertiary/aromatic N) is 1. The van der Waals surface area contributed by atoms with Crippen LogP contribution in [0.3, 0.4) is 0 Å². The molecule has 0 spiro atoms. The summed E-state index contributed by atoms with van der Waals surface area (Å²) in [5.41, 5.74) is 0.773. The number of ketones is 1. The number of hydrogen-bond donors (Lipinski definition) is 1. The maximum Gasteiger partial charge on any atom is 0.295 e. The minimum absolute atomic E-state index is 0.0523. The van der Waals surface area contributed by atoms with Crippen molar-refractivity contribution in [2.24, 2.45) is 0 Å². The Balaban J connectivity index is 2.22. The van der Waals surface area contributed by atoms with Crippen LogP contribution in [-0.4, -0.2) is 69.4 Å². The number of benzene rings is 2. The molecule has 3 rings (SSSR count). The summed E-state index contributed by atoms with van der Waals surface area (Å²) >= 11 is 0. The fraction of sp³-hybridized carbons (Fsp3) is 0.407. The maximum atomic E-state index is 13.3. The Morgan fingerprint density at radius 3 is 2.25 bits per heavy atom. The summed E-state index contributed by atoms with van der Waals surface area (Å²) in [6, 6.07) is 9.20. The Morgan fingerprint density at radius 2 is 1.64 bits per heavy atom. The van der Waals surface area contributed by atoms with Crippen LogP contribution in [0.5, 0.6) is 23.0 Å². The first-order chi connectivity index (χ1) is 17.3. The number of likely N-dealkylation sites (tertiary alicyclic amines) is 1. The number of aliphatic hydroxyl groups is 1. The molecule has 194 valence electrons. The van der Waals surface area contributed by atoms with Gasteiger partial charge in [-0.1, -0.05) is 6.07 Å². The van der Waals surface area contributed by atoms with Crippen molar-refractivity contribution in [3.05, 3.63) is 53.1 Å². The van der Waals surface area contributed by atoms with E-state index in [9.17, 15) is 14.7 Å². The van der Waals surface area contributed by atoms with Crippen LogP contribution in [0.25, 0.3) is 5.76 Å². The first-order valence-electron chi connectivity index (χ1n) is 11.6. The zero-order valence-electron chi connectivity index (χ0n) is 21.5. The van der Waals surface area contributed by atoms with Crippen molar-refractivity contribution >= 4 is 17.4 Å². The Labute approximate surface area is 211 Å². The number of methoxy groups -OCH3 is 4. The quantitative estimate of drug-likeness (QED) is 0.215. The first-order valence-corrected chi connectivity index (χ1v) is 11.6. The molecule has 0 bridgehead atoms. The molecule has 9 heteroatoms. The van der Waals surface area contributed by atoms with Gasteiger partial charge in [0.2, 0.25) is 0 Å². The molecule has 1 fully saturated rings. The van der Waals surface area contributed by atoms with E-state index in [-0.39, 0.29) is 29.5 Å². The van der Waals surface area contributed by atoms with Crippen molar-refractivity contribution in [3.63, 3.8) is 0 Å². The van der Waals surface area contributed by atoms with E-state index >= 15 is 0 Å². The third-order valence-electron chi connectivity index (χ3n) is 5.82. The standard InChI is InChI=1S/C27H33NO8/c1-16(2)36-21-10-8-17(14-22(21)35-6)24-23(26(30)27(31)28(24)12-7-13-32-3)25(29)19-15-18(33-4)9-11-20(19)34-5/h8-11,14-16,24,29H,7,12-13H2,1-6H3/b25-23+. The highest BCUT2D eigenvalue weighted by Crippen LogP contribution is 2.43. The van der Waals surface area contributed by atoms with Crippen LogP contribution in [0.4, 0.5) is 0 Å². The lowest BCUT2D eigenvalue weighted by molar-refractivity contribution is -0.140. The van der Waals surface area contributed by atoms with Gasteiger partial charge in [0.15, 0.2) is 11.5 Å². The molecule has 1 N–H and O–H groups in total. The first kappa shape index (κ1) is 26.9. The minimum Gasteiger partial charge on any atom is -0.507 e. The van der Waals surface area contributed by atoms with Gasteiger partial charge in [0, 0.05) is 20.3 Å². The average Bonchev–Trinajstić information content (AvgIpc) is 3.13. The monoisotopic (exact) mass is 499 g/mol. The molecule has 0 radical (unpaired) electrons. The minimum atomic E-state index is -0.861. The fourth-order valence-electron chi connectivity index (χ4n) is 4.19. The van der Waals surface area contributed by atoms with Crippen molar-refractivity contribution in [1.29, 1.82) is 0 Å². The second-order valence-corrected chi connectivity index (χ2v) is 8.48. The molecule has 2 aromatic carbocycles. The van der Waals surface area contributed by atoms with Gasteiger partial charge >= 0.3 is 0 Å². The van der Waals surface area contributed by atoms with E-state index in [1.165, 1.54) is 26.2 Å². The van der Waals surface area contributed by atoms with Gasteiger partial charge in [-0.15, -0.1) is 0 Å². The summed E-state index contributed by atoms with van der Waals surface area (Å²) in [6.45, 7) is 4.46. The van der Waals surface area contributed by atoms with Gasteiger partial charge in [-0.3, -0.25) is 9.59 Å². The molecule has 1 saturated heterocycles. The lowest BCUT2D eigenvalue weighted by atomic mass is 9.94. The molecule has 1 unspecified atom stereocenters. The summed E-state index contributed by atoms with van der Waals surface area (Å²) in [5.74, 6) is -0.0901. The van der Waals surface area contributed by atoms with E-state index in [1.54, 1.807) is 43.5 Å². The number of hydrogen-bond acceptors (Lipinski definition) is 8. The molecule has 2 aromatic rings. The summed E-state index contributed by atoms with van der Waals surface area (Å²) in [6.07, 6.45) is 0.429. The molecule has 1 aliphatic rings. The molecule has 1 aliphatic heterocycles. The largest absolute Gasteiger partial charge is 0.507 e. The smallest absolute Gasteiger partial charge is 0.295 e. The molecule has 1 atom stereocenters. The van der Waals surface area contributed by atoms with E-state index in [0.29, 0.717) is 41.6 Å². The van der Waals surface area contributed by atoms with E-state index in [2.05, 4.69) is 0 Å². The molecule has 0 aromatic heterocycles. The molecule has 1 amide bonds. The van der Waals surface area contributed by atoms with Crippen molar-refractivity contribution in [2.45, 2.75) is 32.4 Å². The van der Waals surface area contributed by atoms with Crippen molar-refractivity contribution in [3.8, 4) is 23.0 Å². The van der Waals surface area contributed by atoms with Crippen LogP contribution >= 0.6 is 0 Å². The molecule has 0 aliphatic carbocycles. The van der Waals surface area contributed by atoms with Gasteiger partial charge in [-0.25, -0.2) is 0 Å². The van der Waals surface area contributed by atoms with Crippen LogP contribution < -0.4 is 18.9 Å². The number of amides is 1. The van der Waals surface area contributed by atoms with Gasteiger partial charge in [0.1, 0.15) is 17.3 Å². The number of rotatable bonds is 11. The number of carbonyl (C=O) groups is 2. The van der Waals surface area contributed by atoms with E-state index in [4.69, 9.17) is 23.7 Å². The Hall–Kier alpha value is -3.72. The Bertz CT molecular complexity index is 1140. The summed E-state index contributed by atoms with van der Waals surface area (Å²) < 4.78 is 27.2. The van der Waals surface area contributed by atoms with Crippen LogP contribution in [0, 0.1) is 0 Å². The van der Waals surface area contributed by atoms with Gasteiger partial charge in [-0.2, -0.15) is 0 Å². The SMILES string of the molecule is COCCCN1C(=O)C(=O)/C(=C(/O)c2cc(OC)ccc2OC)C1c1ccc(OC(C)C)c(OC)c1. The highest BCUT2D eigenvalue weighted by atomic mass is 16.5. The Kier molecular flexibility index (Phi) is 8.82. The summed E-state index contributed by atoms with van der Waals surface area (Å²) in [5, 5.41) is 11.4. The van der Waals surface area contributed by atoms with Crippen LogP contribution in [-0.2, 0) is 14.3 Å². The number of ether oxygens (including phenoxy) is 5. The molecule has 0 saturated carbocycles. The molecular formula is C27H33NO8. The zero-order chi connectivity index (χ0) is 26.4. The third kappa shape index (κ3) is 5.41. The maximum absolute atomic E-state index is 13.3. The summed E-state index contributed by atoms with van der Waals surface area (Å²) in [4.78, 5) is 27.9. The van der Waals surface area contributed by atoms with Gasteiger partial charge in [-0.05, 0) is 56.2 Å². The number of aliphatic hydroxyl groups excluding tert-OH is 1. The van der Waals surface area contributed by atoms with Crippen LogP contribution in [0.15, 0.2) is 42.0 Å².